The number of carbonyl (C=O) groups excluding carboxylic acids is 1. The van der Waals surface area contributed by atoms with Gasteiger partial charge >= 0.3 is 0 Å². The van der Waals surface area contributed by atoms with E-state index in [1.807, 2.05) is 30.3 Å². The molecule has 0 heterocycles. The first-order valence-electron chi connectivity index (χ1n) is 5.74. The number of Topliss-reactive ketones (excluding diaryl/α,β-unsaturated/α-hetero) is 1. The lowest BCUT2D eigenvalue weighted by Gasteiger charge is -2.01. The maximum atomic E-state index is 11.7. The number of benzene rings is 1. The summed E-state index contributed by atoms with van der Waals surface area (Å²) < 4.78 is 0. The molecule has 0 aliphatic heterocycles. The lowest BCUT2D eigenvalue weighted by molar-refractivity contribution is 0.0978. The van der Waals surface area contributed by atoms with Gasteiger partial charge in [0.25, 0.3) is 0 Å². The molecule has 88 valence electrons. The van der Waals surface area contributed by atoms with Crippen LogP contribution in [0.2, 0.25) is 0 Å². The fourth-order valence-corrected chi connectivity index (χ4v) is 1.59. The van der Waals surface area contributed by atoms with Gasteiger partial charge < -0.3 is 4.84 Å². The van der Waals surface area contributed by atoms with Gasteiger partial charge in [-0.15, -0.1) is 0 Å². The first-order valence-corrected chi connectivity index (χ1v) is 5.74. The molecular weight excluding hydrogens is 202 g/mol. The highest BCUT2D eigenvalue weighted by molar-refractivity contribution is 5.95. The van der Waals surface area contributed by atoms with Crippen LogP contribution in [0, 0.1) is 0 Å². The van der Waals surface area contributed by atoms with Crippen molar-refractivity contribution in [2.45, 2.75) is 32.1 Å². The van der Waals surface area contributed by atoms with Crippen LogP contribution < -0.4 is 5.90 Å². The van der Waals surface area contributed by atoms with Gasteiger partial charge in [-0.25, -0.2) is 5.90 Å². The Bertz CT molecular complexity index is 298. The summed E-state index contributed by atoms with van der Waals surface area (Å²) in [4.78, 5) is 16.2. The van der Waals surface area contributed by atoms with Gasteiger partial charge in [-0.05, 0) is 12.8 Å². The van der Waals surface area contributed by atoms with Gasteiger partial charge in [0.15, 0.2) is 5.78 Å². The molecule has 0 radical (unpaired) electrons. The first-order chi connectivity index (χ1) is 7.84. The molecule has 0 atom stereocenters. The zero-order valence-electron chi connectivity index (χ0n) is 9.52. The van der Waals surface area contributed by atoms with E-state index in [2.05, 4.69) is 4.84 Å². The molecule has 1 aromatic carbocycles. The molecule has 0 aliphatic rings. The van der Waals surface area contributed by atoms with Crippen LogP contribution in [0.1, 0.15) is 42.5 Å². The lowest BCUT2D eigenvalue weighted by atomic mass is 10.0. The summed E-state index contributed by atoms with van der Waals surface area (Å²) in [6.45, 7) is 0.604. The van der Waals surface area contributed by atoms with Gasteiger partial charge in [-0.2, -0.15) is 0 Å². The van der Waals surface area contributed by atoms with E-state index in [0.29, 0.717) is 13.0 Å². The zero-order chi connectivity index (χ0) is 11.6. The molecule has 0 aromatic heterocycles. The molecule has 0 saturated heterocycles. The Balaban J connectivity index is 2.12. The molecule has 0 amide bonds. The molecule has 16 heavy (non-hydrogen) atoms. The first kappa shape index (κ1) is 12.9. The predicted molar refractivity (Wildman–Crippen MR) is 64.0 cm³/mol. The molecule has 0 spiro atoms. The third-order valence-corrected chi connectivity index (χ3v) is 2.51. The summed E-state index contributed by atoms with van der Waals surface area (Å²) in [6, 6.07) is 9.44. The molecule has 0 aliphatic carbocycles. The minimum atomic E-state index is 0.232. The molecule has 2 N–H and O–H groups in total. The van der Waals surface area contributed by atoms with Gasteiger partial charge in [-0.3, -0.25) is 4.79 Å². The molecule has 0 bridgehead atoms. The Morgan fingerprint density at radius 2 is 1.75 bits per heavy atom. The van der Waals surface area contributed by atoms with Crippen LogP contribution in [0.3, 0.4) is 0 Å². The summed E-state index contributed by atoms with van der Waals surface area (Å²) in [5.74, 6) is 5.15. The predicted octanol–water partition coefficient (Wildman–Crippen LogP) is 2.71. The van der Waals surface area contributed by atoms with E-state index in [0.717, 1.165) is 31.2 Å². The van der Waals surface area contributed by atoms with Crippen molar-refractivity contribution in [2.24, 2.45) is 5.90 Å². The summed E-state index contributed by atoms with van der Waals surface area (Å²) in [7, 11) is 0. The van der Waals surface area contributed by atoms with Gasteiger partial charge in [0.05, 0.1) is 6.61 Å². The van der Waals surface area contributed by atoms with E-state index in [9.17, 15) is 4.79 Å². The lowest BCUT2D eigenvalue weighted by Crippen LogP contribution is -2.01. The summed E-state index contributed by atoms with van der Waals surface area (Å²) in [5.41, 5.74) is 0.813. The molecule has 3 heteroatoms. The molecular formula is C13H19NO2. The number of rotatable bonds is 8. The quantitative estimate of drug-likeness (QED) is 0.417. The van der Waals surface area contributed by atoms with Crippen LogP contribution in [0.4, 0.5) is 0 Å². The van der Waals surface area contributed by atoms with Crippen molar-refractivity contribution < 1.29 is 9.63 Å². The fourth-order valence-electron chi connectivity index (χ4n) is 1.59. The minimum absolute atomic E-state index is 0.232. The number of hydrogen-bond acceptors (Lipinski definition) is 3. The molecule has 0 saturated carbocycles. The Morgan fingerprint density at radius 1 is 1.06 bits per heavy atom. The summed E-state index contributed by atoms with van der Waals surface area (Å²) >= 11 is 0. The third-order valence-electron chi connectivity index (χ3n) is 2.51. The highest BCUT2D eigenvalue weighted by Crippen LogP contribution is 2.08. The Hall–Kier alpha value is -1.19. The maximum Gasteiger partial charge on any atom is 0.162 e. The number of ketones is 1. The van der Waals surface area contributed by atoms with Gasteiger partial charge in [0.2, 0.25) is 0 Å². The van der Waals surface area contributed by atoms with E-state index in [-0.39, 0.29) is 5.78 Å². The molecule has 0 unspecified atom stereocenters. The standard InChI is InChI=1S/C13H19NO2/c14-16-11-7-2-1-6-10-13(15)12-8-4-3-5-9-12/h3-5,8-9H,1-2,6-7,10-11,14H2. The van der Waals surface area contributed by atoms with E-state index in [1.54, 1.807) is 0 Å². The van der Waals surface area contributed by atoms with Crippen LogP contribution in [0.25, 0.3) is 0 Å². The van der Waals surface area contributed by atoms with Crippen molar-refractivity contribution in [1.29, 1.82) is 0 Å². The second kappa shape index (κ2) is 8.02. The molecule has 1 rings (SSSR count). The topological polar surface area (TPSA) is 52.3 Å². The van der Waals surface area contributed by atoms with Crippen molar-refractivity contribution in [3.05, 3.63) is 35.9 Å². The fraction of sp³-hybridized carbons (Fsp3) is 0.462. The summed E-state index contributed by atoms with van der Waals surface area (Å²) in [6.07, 6.45) is 4.67. The van der Waals surface area contributed by atoms with Crippen LogP contribution in [-0.2, 0) is 4.84 Å². The van der Waals surface area contributed by atoms with E-state index >= 15 is 0 Å². The van der Waals surface area contributed by atoms with Gasteiger partial charge in [0, 0.05) is 12.0 Å². The number of nitrogens with two attached hydrogens (primary N) is 1. The van der Waals surface area contributed by atoms with Crippen molar-refractivity contribution in [2.75, 3.05) is 6.61 Å². The van der Waals surface area contributed by atoms with Crippen LogP contribution in [0.5, 0.6) is 0 Å². The number of unbranched alkanes of at least 4 members (excludes halogenated alkanes) is 3. The van der Waals surface area contributed by atoms with E-state index < -0.39 is 0 Å². The van der Waals surface area contributed by atoms with Gasteiger partial charge in [-0.1, -0.05) is 43.2 Å². The van der Waals surface area contributed by atoms with Crippen LogP contribution in [0.15, 0.2) is 30.3 Å². The van der Waals surface area contributed by atoms with Crippen molar-refractivity contribution in [1.82, 2.24) is 0 Å². The molecule has 1 aromatic rings. The smallest absolute Gasteiger partial charge is 0.162 e. The average Bonchev–Trinajstić information content (AvgIpc) is 2.34. The van der Waals surface area contributed by atoms with Crippen molar-refractivity contribution >= 4 is 5.78 Å². The monoisotopic (exact) mass is 221 g/mol. The van der Waals surface area contributed by atoms with Crippen molar-refractivity contribution in [3.8, 4) is 0 Å². The Labute approximate surface area is 96.6 Å². The second-order valence-corrected chi connectivity index (χ2v) is 3.82. The van der Waals surface area contributed by atoms with Crippen LogP contribution in [-0.4, -0.2) is 12.4 Å². The van der Waals surface area contributed by atoms with Crippen LogP contribution >= 0.6 is 0 Å². The average molecular weight is 221 g/mol. The SMILES string of the molecule is NOCCCCCCC(=O)c1ccccc1. The maximum absolute atomic E-state index is 11.7. The normalized spacial score (nSPS) is 10.3. The zero-order valence-corrected chi connectivity index (χ0v) is 9.52. The molecule has 0 fully saturated rings. The van der Waals surface area contributed by atoms with Gasteiger partial charge in [0.1, 0.15) is 0 Å². The highest BCUT2D eigenvalue weighted by atomic mass is 16.6. The Kier molecular flexibility index (Phi) is 6.45. The Morgan fingerprint density at radius 3 is 2.44 bits per heavy atom. The number of hydrogen-bond donors (Lipinski definition) is 1. The third kappa shape index (κ3) is 5.05. The van der Waals surface area contributed by atoms with E-state index in [4.69, 9.17) is 5.90 Å². The number of carbonyl (C=O) groups is 1. The second-order valence-electron chi connectivity index (χ2n) is 3.82. The van der Waals surface area contributed by atoms with Crippen molar-refractivity contribution in [3.63, 3.8) is 0 Å². The van der Waals surface area contributed by atoms with E-state index in [1.165, 1.54) is 0 Å². The summed E-state index contributed by atoms with van der Waals surface area (Å²) in [5, 5.41) is 0. The minimum Gasteiger partial charge on any atom is -0.305 e. The molecule has 3 nitrogen and oxygen atoms in total. The highest BCUT2D eigenvalue weighted by Gasteiger charge is 2.03. The largest absolute Gasteiger partial charge is 0.305 e.